The van der Waals surface area contributed by atoms with E-state index < -0.39 is 48.6 Å². The average Bonchev–Trinajstić information content (AvgIpc) is 2.25. The van der Waals surface area contributed by atoms with E-state index in [4.69, 9.17) is 9.84 Å². The molecule has 1 unspecified atom stereocenters. The van der Waals surface area contributed by atoms with Crippen LogP contribution in [0.1, 0.15) is 27.2 Å². The van der Waals surface area contributed by atoms with Crippen LogP contribution in [-0.4, -0.2) is 52.7 Å². The summed E-state index contributed by atoms with van der Waals surface area (Å²) in [7, 11) is 0. The summed E-state index contributed by atoms with van der Waals surface area (Å²) in [4.78, 5) is 35.2. The molecular weight excluding hydrogens is 257 g/mol. The van der Waals surface area contributed by atoms with E-state index in [1.165, 1.54) is 0 Å². The number of carboxylic acid groups (broad SMARTS) is 1. The maximum absolute atomic E-state index is 12.8. The van der Waals surface area contributed by atoms with Crippen LogP contribution in [0.2, 0.25) is 0 Å². The van der Waals surface area contributed by atoms with Gasteiger partial charge in [0.25, 0.3) is 0 Å². The zero-order chi connectivity index (χ0) is 14.8. The van der Waals surface area contributed by atoms with Crippen LogP contribution < -0.4 is 0 Å². The Morgan fingerprint density at radius 3 is 2.47 bits per heavy atom. The summed E-state index contributed by atoms with van der Waals surface area (Å²) in [6.45, 7) is 3.57. The SMILES string of the molecule is CC(C)(C)OC(=O)C1C[C@@H](CF)N(C(=O)O)CC1=O. The van der Waals surface area contributed by atoms with Crippen LogP contribution in [0.4, 0.5) is 9.18 Å². The van der Waals surface area contributed by atoms with Crippen molar-refractivity contribution in [1.29, 1.82) is 0 Å². The molecule has 0 aromatic rings. The summed E-state index contributed by atoms with van der Waals surface area (Å²) in [6, 6.07) is -0.979. The Morgan fingerprint density at radius 1 is 1.47 bits per heavy atom. The number of esters is 1. The predicted octanol–water partition coefficient (Wildman–Crippen LogP) is 1.24. The van der Waals surface area contributed by atoms with E-state index in [0.717, 1.165) is 4.90 Å². The number of Topliss-reactive ketones (excluding diaryl/α,β-unsaturated/α-hetero) is 1. The van der Waals surface area contributed by atoms with Gasteiger partial charge in [-0.1, -0.05) is 0 Å². The highest BCUT2D eigenvalue weighted by molar-refractivity contribution is 6.01. The number of hydrogen-bond acceptors (Lipinski definition) is 4. The molecule has 19 heavy (non-hydrogen) atoms. The predicted molar refractivity (Wildman–Crippen MR) is 63.5 cm³/mol. The Kier molecular flexibility index (Phi) is 4.49. The molecule has 0 aliphatic carbocycles. The van der Waals surface area contributed by atoms with Gasteiger partial charge in [-0.15, -0.1) is 0 Å². The van der Waals surface area contributed by atoms with Crippen molar-refractivity contribution in [2.45, 2.75) is 38.8 Å². The van der Waals surface area contributed by atoms with Crippen LogP contribution in [0.3, 0.4) is 0 Å². The largest absolute Gasteiger partial charge is 0.465 e. The number of halogens is 1. The zero-order valence-electron chi connectivity index (χ0n) is 11.2. The van der Waals surface area contributed by atoms with E-state index in [2.05, 4.69) is 0 Å². The van der Waals surface area contributed by atoms with Gasteiger partial charge in [0.1, 0.15) is 18.2 Å². The highest BCUT2D eigenvalue weighted by Crippen LogP contribution is 2.24. The van der Waals surface area contributed by atoms with E-state index in [1.54, 1.807) is 20.8 Å². The molecule has 7 heteroatoms. The van der Waals surface area contributed by atoms with Crippen molar-refractivity contribution in [3.63, 3.8) is 0 Å². The van der Waals surface area contributed by atoms with Gasteiger partial charge >= 0.3 is 12.1 Å². The lowest BCUT2D eigenvalue weighted by Crippen LogP contribution is -2.53. The van der Waals surface area contributed by atoms with Gasteiger partial charge in [-0.05, 0) is 27.2 Å². The molecule has 0 aromatic carbocycles. The number of alkyl halides is 1. The number of ether oxygens (including phenoxy) is 1. The van der Waals surface area contributed by atoms with Gasteiger partial charge < -0.3 is 9.84 Å². The highest BCUT2D eigenvalue weighted by atomic mass is 19.1. The van der Waals surface area contributed by atoms with E-state index in [-0.39, 0.29) is 6.42 Å². The van der Waals surface area contributed by atoms with Crippen LogP contribution in [0.5, 0.6) is 0 Å². The third kappa shape index (κ3) is 3.90. The standard InChI is InChI=1S/C12H18FNO5/c1-12(2,3)19-10(16)8-4-7(5-13)14(11(17)18)6-9(8)15/h7-8H,4-6H2,1-3H3,(H,17,18)/t7-,8?/m0/s1. The summed E-state index contributed by atoms with van der Waals surface area (Å²) in [5.74, 6) is -2.36. The van der Waals surface area contributed by atoms with Crippen molar-refractivity contribution in [1.82, 2.24) is 4.90 Å². The third-order valence-electron chi connectivity index (χ3n) is 2.78. The van der Waals surface area contributed by atoms with Crippen LogP contribution in [0.25, 0.3) is 0 Å². The molecule has 0 saturated carbocycles. The van der Waals surface area contributed by atoms with Crippen molar-refractivity contribution in [2.24, 2.45) is 5.92 Å². The van der Waals surface area contributed by atoms with Crippen molar-refractivity contribution in [3.05, 3.63) is 0 Å². The first-order valence-electron chi connectivity index (χ1n) is 5.97. The van der Waals surface area contributed by atoms with E-state index in [9.17, 15) is 18.8 Å². The second-order valence-corrected chi connectivity index (χ2v) is 5.51. The fourth-order valence-electron chi connectivity index (χ4n) is 1.91. The lowest BCUT2D eigenvalue weighted by molar-refractivity contribution is -0.164. The molecule has 1 heterocycles. The van der Waals surface area contributed by atoms with Gasteiger partial charge in [-0.25, -0.2) is 9.18 Å². The highest BCUT2D eigenvalue weighted by Gasteiger charge is 2.42. The molecule has 0 bridgehead atoms. The second kappa shape index (κ2) is 5.54. The number of amides is 1. The molecule has 1 amide bonds. The number of hydrogen-bond donors (Lipinski definition) is 1. The molecule has 6 nitrogen and oxygen atoms in total. The fourth-order valence-corrected chi connectivity index (χ4v) is 1.91. The molecule has 108 valence electrons. The molecule has 1 saturated heterocycles. The first-order valence-corrected chi connectivity index (χ1v) is 5.97. The monoisotopic (exact) mass is 275 g/mol. The van der Waals surface area contributed by atoms with Crippen LogP contribution in [0, 0.1) is 5.92 Å². The lowest BCUT2D eigenvalue weighted by atomic mass is 9.90. The molecule has 2 atom stereocenters. The smallest absolute Gasteiger partial charge is 0.408 e. The Bertz CT molecular complexity index is 390. The maximum Gasteiger partial charge on any atom is 0.408 e. The minimum Gasteiger partial charge on any atom is -0.465 e. The normalized spacial score (nSPS) is 24.2. The summed E-state index contributed by atoms with van der Waals surface area (Å²) in [5, 5.41) is 8.86. The number of carbonyl (C=O) groups is 3. The van der Waals surface area contributed by atoms with Crippen LogP contribution in [0.15, 0.2) is 0 Å². The summed E-state index contributed by atoms with van der Waals surface area (Å²) in [6.07, 6.45) is -1.53. The van der Waals surface area contributed by atoms with Gasteiger partial charge in [-0.3, -0.25) is 14.5 Å². The Balaban J connectivity index is 2.80. The Hall–Kier alpha value is -1.66. The second-order valence-electron chi connectivity index (χ2n) is 5.51. The van der Waals surface area contributed by atoms with Crippen molar-refractivity contribution >= 4 is 17.8 Å². The van der Waals surface area contributed by atoms with E-state index in [1.807, 2.05) is 0 Å². The Morgan fingerprint density at radius 2 is 2.05 bits per heavy atom. The van der Waals surface area contributed by atoms with Gasteiger partial charge in [-0.2, -0.15) is 0 Å². The number of rotatable bonds is 2. The minimum atomic E-state index is -1.36. The number of likely N-dealkylation sites (tertiary alicyclic amines) is 1. The molecule has 0 radical (unpaired) electrons. The summed E-state index contributed by atoms with van der Waals surface area (Å²) < 4.78 is 17.9. The first-order chi connectivity index (χ1) is 8.65. The minimum absolute atomic E-state index is 0.170. The summed E-state index contributed by atoms with van der Waals surface area (Å²) >= 11 is 0. The van der Waals surface area contributed by atoms with Crippen LogP contribution >= 0.6 is 0 Å². The Labute approximate surface area is 110 Å². The van der Waals surface area contributed by atoms with Crippen molar-refractivity contribution in [3.8, 4) is 0 Å². The molecule has 1 rings (SSSR count). The van der Waals surface area contributed by atoms with E-state index in [0.29, 0.717) is 0 Å². The quantitative estimate of drug-likeness (QED) is 0.605. The number of ketones is 1. The molecule has 1 aliphatic heterocycles. The number of carbonyl (C=O) groups excluding carboxylic acids is 2. The molecule has 1 N–H and O–H groups in total. The zero-order valence-corrected chi connectivity index (χ0v) is 11.2. The topological polar surface area (TPSA) is 83.9 Å². The van der Waals surface area contributed by atoms with Gasteiger partial charge in [0.05, 0.1) is 12.6 Å². The molecular formula is C12H18FNO5. The number of piperidine rings is 1. The van der Waals surface area contributed by atoms with E-state index >= 15 is 0 Å². The molecule has 1 aliphatic rings. The van der Waals surface area contributed by atoms with Crippen LogP contribution in [-0.2, 0) is 14.3 Å². The maximum atomic E-state index is 12.8. The molecule has 1 fully saturated rings. The van der Waals surface area contributed by atoms with Gasteiger partial charge in [0, 0.05) is 0 Å². The summed E-state index contributed by atoms with van der Waals surface area (Å²) in [5.41, 5.74) is -0.744. The number of nitrogens with zero attached hydrogens (tertiary/aromatic N) is 1. The molecule has 0 aromatic heterocycles. The third-order valence-corrected chi connectivity index (χ3v) is 2.78. The lowest BCUT2D eigenvalue weighted by Gasteiger charge is -2.35. The van der Waals surface area contributed by atoms with Crippen molar-refractivity contribution < 1.29 is 28.6 Å². The average molecular weight is 275 g/mol. The first kappa shape index (κ1) is 15.4. The molecule has 0 spiro atoms. The van der Waals surface area contributed by atoms with Crippen molar-refractivity contribution in [2.75, 3.05) is 13.2 Å². The van der Waals surface area contributed by atoms with Gasteiger partial charge in [0.2, 0.25) is 0 Å². The van der Waals surface area contributed by atoms with Gasteiger partial charge in [0.15, 0.2) is 5.78 Å². The fraction of sp³-hybridized carbons (Fsp3) is 0.750.